The van der Waals surface area contributed by atoms with Crippen LogP contribution in [0.3, 0.4) is 0 Å². The van der Waals surface area contributed by atoms with Crippen LogP contribution in [0.2, 0.25) is 0 Å². The monoisotopic (exact) mass is 131 g/mol. The van der Waals surface area contributed by atoms with Crippen molar-refractivity contribution < 1.29 is 4.39 Å². The Morgan fingerprint density at radius 1 is 1.56 bits per heavy atom. The van der Waals surface area contributed by atoms with Gasteiger partial charge in [-0.2, -0.15) is 0 Å². The van der Waals surface area contributed by atoms with Gasteiger partial charge in [0, 0.05) is 0 Å². The minimum atomic E-state index is -0.656. The van der Waals surface area contributed by atoms with E-state index in [9.17, 15) is 4.39 Å². The van der Waals surface area contributed by atoms with Gasteiger partial charge < -0.3 is 0 Å². The van der Waals surface area contributed by atoms with Crippen molar-refractivity contribution in [3.05, 3.63) is 6.92 Å². The minimum absolute atomic E-state index is 0.491. The standard InChI is InChI=1S/C8H16F/c1-4-8(5-2)6-7(3)9/h7-8H,1,4-6H2,2-3H3. The molecule has 2 unspecified atom stereocenters. The Bertz CT molecular complexity index is 55.6. The lowest BCUT2D eigenvalue weighted by molar-refractivity contribution is 0.284. The quantitative estimate of drug-likeness (QED) is 0.550. The van der Waals surface area contributed by atoms with Gasteiger partial charge in [-0.3, -0.25) is 0 Å². The van der Waals surface area contributed by atoms with Crippen LogP contribution < -0.4 is 0 Å². The number of rotatable bonds is 4. The van der Waals surface area contributed by atoms with E-state index in [-0.39, 0.29) is 0 Å². The summed E-state index contributed by atoms with van der Waals surface area (Å²) >= 11 is 0. The summed E-state index contributed by atoms with van der Waals surface area (Å²) in [5.41, 5.74) is 0. The smallest absolute Gasteiger partial charge is 0.0976 e. The molecule has 55 valence electrons. The molecule has 0 fully saturated rings. The average Bonchev–Trinajstić information content (AvgIpc) is 1.82. The second-order valence-electron chi connectivity index (χ2n) is 2.58. The summed E-state index contributed by atoms with van der Waals surface area (Å²) in [6.07, 6.45) is 1.94. The van der Waals surface area contributed by atoms with E-state index in [1.807, 2.05) is 0 Å². The SMILES string of the molecule is [CH2]CC(CC)CC(C)F. The van der Waals surface area contributed by atoms with Crippen LogP contribution in [-0.2, 0) is 0 Å². The first-order valence-electron chi connectivity index (χ1n) is 3.64. The summed E-state index contributed by atoms with van der Waals surface area (Å²) in [7, 11) is 0. The summed E-state index contributed by atoms with van der Waals surface area (Å²) in [6, 6.07) is 0. The first-order chi connectivity index (χ1) is 4.20. The third-order valence-corrected chi connectivity index (χ3v) is 1.64. The fourth-order valence-corrected chi connectivity index (χ4v) is 0.948. The molecule has 0 heterocycles. The third-order valence-electron chi connectivity index (χ3n) is 1.64. The van der Waals surface area contributed by atoms with Crippen molar-refractivity contribution in [1.82, 2.24) is 0 Å². The highest BCUT2D eigenvalue weighted by molar-refractivity contribution is 4.61. The van der Waals surface area contributed by atoms with Crippen molar-refractivity contribution >= 4 is 0 Å². The summed E-state index contributed by atoms with van der Waals surface area (Å²) in [5, 5.41) is 0. The van der Waals surface area contributed by atoms with Crippen LogP contribution in [-0.4, -0.2) is 6.17 Å². The first-order valence-corrected chi connectivity index (χ1v) is 3.64. The van der Waals surface area contributed by atoms with Crippen molar-refractivity contribution in [3.8, 4) is 0 Å². The van der Waals surface area contributed by atoms with Crippen LogP contribution in [0.4, 0.5) is 4.39 Å². The van der Waals surface area contributed by atoms with Gasteiger partial charge in [0.15, 0.2) is 0 Å². The summed E-state index contributed by atoms with van der Waals surface area (Å²) in [5.74, 6) is 0.491. The summed E-state index contributed by atoms with van der Waals surface area (Å²) < 4.78 is 12.3. The molecule has 1 radical (unpaired) electrons. The molecule has 0 spiro atoms. The Hall–Kier alpha value is -0.0700. The van der Waals surface area contributed by atoms with E-state index in [2.05, 4.69) is 13.8 Å². The fraction of sp³-hybridized carbons (Fsp3) is 0.875. The average molecular weight is 131 g/mol. The molecular weight excluding hydrogens is 115 g/mol. The highest BCUT2D eigenvalue weighted by atomic mass is 19.1. The van der Waals surface area contributed by atoms with E-state index < -0.39 is 6.17 Å². The highest BCUT2D eigenvalue weighted by Gasteiger charge is 2.07. The second kappa shape index (κ2) is 4.78. The summed E-state index contributed by atoms with van der Waals surface area (Å²) in [4.78, 5) is 0. The van der Waals surface area contributed by atoms with E-state index >= 15 is 0 Å². The Kier molecular flexibility index (Phi) is 4.74. The van der Waals surface area contributed by atoms with Gasteiger partial charge in [-0.15, -0.1) is 0 Å². The molecule has 0 aromatic rings. The molecule has 0 amide bonds. The molecule has 1 heteroatoms. The maximum absolute atomic E-state index is 12.3. The number of hydrogen-bond donors (Lipinski definition) is 0. The molecule has 0 rings (SSSR count). The van der Waals surface area contributed by atoms with Gasteiger partial charge in [0.1, 0.15) is 0 Å². The lowest BCUT2D eigenvalue weighted by atomic mass is 9.97. The van der Waals surface area contributed by atoms with Crippen LogP contribution in [0.1, 0.15) is 33.1 Å². The maximum atomic E-state index is 12.3. The minimum Gasteiger partial charge on any atom is -0.248 e. The third kappa shape index (κ3) is 4.43. The van der Waals surface area contributed by atoms with E-state index in [1.54, 1.807) is 6.92 Å². The van der Waals surface area contributed by atoms with Gasteiger partial charge in [0.05, 0.1) is 6.17 Å². The zero-order valence-corrected chi connectivity index (χ0v) is 6.36. The zero-order valence-electron chi connectivity index (χ0n) is 6.36. The molecular formula is C8H16F. The molecule has 0 saturated heterocycles. The Labute approximate surface area is 57.5 Å². The number of alkyl halides is 1. The molecule has 9 heavy (non-hydrogen) atoms. The molecule has 0 aliphatic heterocycles. The first kappa shape index (κ1) is 8.93. The van der Waals surface area contributed by atoms with Gasteiger partial charge in [0.25, 0.3) is 0 Å². The van der Waals surface area contributed by atoms with Crippen molar-refractivity contribution in [3.63, 3.8) is 0 Å². The van der Waals surface area contributed by atoms with Crippen LogP contribution >= 0.6 is 0 Å². The molecule has 0 aromatic carbocycles. The Morgan fingerprint density at radius 3 is 2.22 bits per heavy atom. The molecule has 2 atom stereocenters. The lowest BCUT2D eigenvalue weighted by Gasteiger charge is -2.11. The molecule has 0 saturated carbocycles. The van der Waals surface area contributed by atoms with Gasteiger partial charge in [-0.05, 0) is 19.3 Å². The van der Waals surface area contributed by atoms with Crippen molar-refractivity contribution in [2.45, 2.75) is 39.3 Å². The molecule has 0 N–H and O–H groups in total. The van der Waals surface area contributed by atoms with Crippen LogP contribution in [0.5, 0.6) is 0 Å². The van der Waals surface area contributed by atoms with Crippen molar-refractivity contribution in [1.29, 1.82) is 0 Å². The maximum Gasteiger partial charge on any atom is 0.0976 e. The molecule has 0 nitrogen and oxygen atoms in total. The highest BCUT2D eigenvalue weighted by Crippen LogP contribution is 2.15. The van der Waals surface area contributed by atoms with E-state index in [0.29, 0.717) is 12.3 Å². The Balaban J connectivity index is 3.31. The van der Waals surface area contributed by atoms with Gasteiger partial charge in [0.2, 0.25) is 0 Å². The van der Waals surface area contributed by atoms with Crippen molar-refractivity contribution in [2.24, 2.45) is 5.92 Å². The largest absolute Gasteiger partial charge is 0.248 e. The lowest BCUT2D eigenvalue weighted by Crippen LogP contribution is -2.04. The topological polar surface area (TPSA) is 0 Å². The van der Waals surface area contributed by atoms with Crippen LogP contribution in [0.15, 0.2) is 0 Å². The van der Waals surface area contributed by atoms with Crippen molar-refractivity contribution in [2.75, 3.05) is 0 Å². The summed E-state index contributed by atoms with van der Waals surface area (Å²) in [6.45, 7) is 7.43. The number of hydrogen-bond acceptors (Lipinski definition) is 0. The zero-order chi connectivity index (χ0) is 7.28. The van der Waals surface area contributed by atoms with Crippen LogP contribution in [0, 0.1) is 12.8 Å². The molecule has 0 aliphatic carbocycles. The molecule has 0 aromatic heterocycles. The van der Waals surface area contributed by atoms with Gasteiger partial charge in [-0.25, -0.2) is 4.39 Å². The van der Waals surface area contributed by atoms with E-state index in [4.69, 9.17) is 0 Å². The fourth-order valence-electron chi connectivity index (χ4n) is 0.948. The van der Waals surface area contributed by atoms with Gasteiger partial charge >= 0.3 is 0 Å². The number of halogens is 1. The van der Waals surface area contributed by atoms with E-state index in [1.165, 1.54) is 0 Å². The Morgan fingerprint density at radius 2 is 2.11 bits per heavy atom. The normalized spacial score (nSPS) is 14.3. The van der Waals surface area contributed by atoms with Gasteiger partial charge in [-0.1, -0.05) is 26.7 Å². The van der Waals surface area contributed by atoms with Crippen LogP contribution in [0.25, 0.3) is 0 Å². The molecule has 0 aliphatic rings. The van der Waals surface area contributed by atoms with E-state index in [0.717, 1.165) is 12.8 Å². The predicted octanol–water partition coefficient (Wildman–Crippen LogP) is 2.98. The predicted molar refractivity (Wildman–Crippen MR) is 38.9 cm³/mol. The molecule has 0 bridgehead atoms. The second-order valence-corrected chi connectivity index (χ2v) is 2.58.